The molecule has 2 N–H and O–H groups in total. The molecule has 160 valence electrons. The van der Waals surface area contributed by atoms with Gasteiger partial charge in [0, 0.05) is 23.3 Å². The summed E-state index contributed by atoms with van der Waals surface area (Å²) < 4.78 is 29.1. The zero-order chi connectivity index (χ0) is 21.8. The SMILES string of the molecule is Cc1cc(-c2ccc(NC3CCCC3)cc2F)c(C)cc1/C=C(/F)C(=O)NC(C)C. The molecule has 0 saturated heterocycles. The minimum absolute atomic E-state index is 0.143. The van der Waals surface area contributed by atoms with Gasteiger partial charge in [-0.05, 0) is 87.1 Å². The molecule has 0 atom stereocenters. The lowest BCUT2D eigenvalue weighted by Gasteiger charge is -2.16. The van der Waals surface area contributed by atoms with Crippen LogP contribution in [-0.4, -0.2) is 18.0 Å². The minimum atomic E-state index is -0.840. The van der Waals surface area contributed by atoms with Crippen molar-refractivity contribution in [1.29, 1.82) is 0 Å². The highest BCUT2D eigenvalue weighted by Gasteiger charge is 2.17. The lowest BCUT2D eigenvalue weighted by Crippen LogP contribution is -2.30. The van der Waals surface area contributed by atoms with Crippen LogP contribution in [0.3, 0.4) is 0 Å². The van der Waals surface area contributed by atoms with E-state index in [2.05, 4.69) is 10.6 Å². The summed E-state index contributed by atoms with van der Waals surface area (Å²) in [5.41, 5.74) is 4.28. The van der Waals surface area contributed by atoms with Crippen molar-refractivity contribution in [3.63, 3.8) is 0 Å². The molecule has 0 spiro atoms. The predicted octanol–water partition coefficient (Wildman–Crippen LogP) is 6.30. The van der Waals surface area contributed by atoms with Crippen LogP contribution in [0.15, 0.2) is 36.2 Å². The fourth-order valence-corrected chi connectivity index (χ4v) is 3.95. The van der Waals surface area contributed by atoms with Gasteiger partial charge in [0.1, 0.15) is 5.82 Å². The Bertz CT molecular complexity index is 960. The molecule has 0 heterocycles. The van der Waals surface area contributed by atoms with Crippen LogP contribution in [0.25, 0.3) is 17.2 Å². The zero-order valence-corrected chi connectivity index (χ0v) is 18.1. The molecular weight excluding hydrogens is 382 g/mol. The summed E-state index contributed by atoms with van der Waals surface area (Å²) >= 11 is 0. The van der Waals surface area contributed by atoms with E-state index in [1.807, 2.05) is 26.0 Å². The van der Waals surface area contributed by atoms with E-state index < -0.39 is 11.7 Å². The lowest BCUT2D eigenvalue weighted by atomic mass is 9.94. The van der Waals surface area contributed by atoms with Gasteiger partial charge in [0.05, 0.1) is 0 Å². The third-order valence-corrected chi connectivity index (χ3v) is 5.52. The van der Waals surface area contributed by atoms with Crippen LogP contribution in [-0.2, 0) is 4.79 Å². The van der Waals surface area contributed by atoms with Crippen LogP contribution in [0.2, 0.25) is 0 Å². The number of nitrogens with one attached hydrogen (secondary N) is 2. The van der Waals surface area contributed by atoms with Crippen molar-refractivity contribution in [1.82, 2.24) is 5.32 Å². The van der Waals surface area contributed by atoms with E-state index in [9.17, 15) is 13.6 Å². The molecule has 0 unspecified atom stereocenters. The van der Waals surface area contributed by atoms with E-state index in [0.717, 1.165) is 35.2 Å². The van der Waals surface area contributed by atoms with Gasteiger partial charge in [-0.3, -0.25) is 4.79 Å². The van der Waals surface area contributed by atoms with Crippen LogP contribution in [0.1, 0.15) is 56.2 Å². The van der Waals surface area contributed by atoms with E-state index in [1.165, 1.54) is 18.9 Å². The molecule has 1 aliphatic rings. The van der Waals surface area contributed by atoms with Crippen molar-refractivity contribution < 1.29 is 13.6 Å². The van der Waals surface area contributed by atoms with Crippen molar-refractivity contribution in [2.75, 3.05) is 5.32 Å². The summed E-state index contributed by atoms with van der Waals surface area (Å²) in [6.45, 7) is 7.25. The molecule has 0 radical (unpaired) electrons. The number of aryl methyl sites for hydroxylation is 2. The molecule has 0 aliphatic heterocycles. The topological polar surface area (TPSA) is 41.1 Å². The maximum Gasteiger partial charge on any atom is 0.280 e. The Hall–Kier alpha value is -2.69. The highest BCUT2D eigenvalue weighted by atomic mass is 19.1. The highest BCUT2D eigenvalue weighted by Crippen LogP contribution is 2.32. The summed E-state index contributed by atoms with van der Waals surface area (Å²) in [6, 6.07) is 9.17. The van der Waals surface area contributed by atoms with Crippen molar-refractivity contribution in [3.05, 3.63) is 58.7 Å². The average Bonchev–Trinajstić information content (AvgIpc) is 3.17. The Morgan fingerprint density at radius 1 is 1.07 bits per heavy atom. The Kier molecular flexibility index (Phi) is 6.91. The Labute approximate surface area is 177 Å². The van der Waals surface area contributed by atoms with Crippen LogP contribution in [0.4, 0.5) is 14.5 Å². The van der Waals surface area contributed by atoms with E-state index >= 15 is 0 Å². The second-order valence-corrected chi connectivity index (χ2v) is 8.46. The molecule has 3 nitrogen and oxygen atoms in total. The van der Waals surface area contributed by atoms with E-state index in [-0.39, 0.29) is 11.9 Å². The van der Waals surface area contributed by atoms with Gasteiger partial charge in [-0.25, -0.2) is 8.78 Å². The van der Waals surface area contributed by atoms with Crippen molar-refractivity contribution in [3.8, 4) is 11.1 Å². The first kappa shape index (κ1) is 22.0. The van der Waals surface area contributed by atoms with Gasteiger partial charge in [-0.15, -0.1) is 0 Å². The van der Waals surface area contributed by atoms with Gasteiger partial charge in [-0.2, -0.15) is 0 Å². The first-order valence-electron chi connectivity index (χ1n) is 10.6. The largest absolute Gasteiger partial charge is 0.382 e. The van der Waals surface area contributed by atoms with Crippen LogP contribution in [0.5, 0.6) is 0 Å². The number of benzene rings is 2. The van der Waals surface area contributed by atoms with Crippen LogP contribution < -0.4 is 10.6 Å². The quantitative estimate of drug-likeness (QED) is 0.547. The van der Waals surface area contributed by atoms with Gasteiger partial charge in [-0.1, -0.05) is 25.0 Å². The fraction of sp³-hybridized carbons (Fsp3) is 0.400. The molecule has 0 bridgehead atoms. The summed E-state index contributed by atoms with van der Waals surface area (Å²) in [7, 11) is 0. The van der Waals surface area contributed by atoms with Gasteiger partial charge >= 0.3 is 0 Å². The molecule has 3 rings (SSSR count). The van der Waals surface area contributed by atoms with Gasteiger partial charge in [0.15, 0.2) is 5.83 Å². The number of carbonyl (C=O) groups excluding carboxylic acids is 1. The lowest BCUT2D eigenvalue weighted by molar-refractivity contribution is -0.119. The summed E-state index contributed by atoms with van der Waals surface area (Å²) in [4.78, 5) is 11.8. The third kappa shape index (κ3) is 5.26. The van der Waals surface area contributed by atoms with E-state index in [4.69, 9.17) is 0 Å². The number of carbonyl (C=O) groups is 1. The third-order valence-electron chi connectivity index (χ3n) is 5.52. The minimum Gasteiger partial charge on any atom is -0.382 e. The van der Waals surface area contributed by atoms with Crippen LogP contribution >= 0.6 is 0 Å². The number of hydrogen-bond acceptors (Lipinski definition) is 2. The molecule has 5 heteroatoms. The molecule has 0 aromatic heterocycles. The molecule has 1 amide bonds. The molecule has 1 fully saturated rings. The number of rotatable bonds is 6. The Morgan fingerprint density at radius 2 is 1.77 bits per heavy atom. The second-order valence-electron chi connectivity index (χ2n) is 8.46. The zero-order valence-electron chi connectivity index (χ0n) is 18.1. The van der Waals surface area contributed by atoms with E-state index in [0.29, 0.717) is 17.2 Å². The van der Waals surface area contributed by atoms with Crippen molar-refractivity contribution >= 4 is 17.7 Å². The number of amides is 1. The summed E-state index contributed by atoms with van der Waals surface area (Å²) in [6.07, 6.45) is 5.92. The standard InChI is InChI=1S/C25H30F2N2O/c1-15(2)28-25(30)24(27)13-18-11-17(4)22(12-16(18)3)21-10-9-20(14-23(21)26)29-19-7-5-6-8-19/h9-15,19,29H,5-8H2,1-4H3,(H,28,30)/b24-13+. The van der Waals surface area contributed by atoms with Gasteiger partial charge in [0.25, 0.3) is 5.91 Å². The maximum absolute atomic E-state index is 14.9. The Balaban J connectivity index is 1.85. The summed E-state index contributed by atoms with van der Waals surface area (Å²) in [5, 5.41) is 5.95. The Morgan fingerprint density at radius 3 is 2.40 bits per heavy atom. The van der Waals surface area contributed by atoms with Crippen LogP contribution in [0, 0.1) is 19.7 Å². The maximum atomic E-state index is 14.9. The van der Waals surface area contributed by atoms with Crippen molar-refractivity contribution in [2.24, 2.45) is 0 Å². The number of halogens is 2. The van der Waals surface area contributed by atoms with Gasteiger partial charge in [0.2, 0.25) is 0 Å². The molecule has 2 aromatic rings. The number of anilines is 1. The van der Waals surface area contributed by atoms with E-state index in [1.54, 1.807) is 32.0 Å². The molecular formula is C25H30F2N2O. The molecule has 30 heavy (non-hydrogen) atoms. The summed E-state index contributed by atoms with van der Waals surface area (Å²) in [5.74, 6) is -1.86. The first-order chi connectivity index (χ1) is 14.2. The molecule has 1 aliphatic carbocycles. The second kappa shape index (κ2) is 9.41. The number of hydrogen-bond donors (Lipinski definition) is 2. The average molecular weight is 413 g/mol. The highest BCUT2D eigenvalue weighted by molar-refractivity contribution is 5.96. The fourth-order valence-electron chi connectivity index (χ4n) is 3.95. The first-order valence-corrected chi connectivity index (χ1v) is 10.6. The van der Waals surface area contributed by atoms with Gasteiger partial charge < -0.3 is 10.6 Å². The predicted molar refractivity (Wildman–Crippen MR) is 120 cm³/mol. The molecule has 2 aromatic carbocycles. The van der Waals surface area contributed by atoms with Crippen molar-refractivity contribution in [2.45, 2.75) is 65.5 Å². The normalized spacial score (nSPS) is 15.0. The monoisotopic (exact) mass is 412 g/mol. The molecule has 1 saturated carbocycles. The smallest absolute Gasteiger partial charge is 0.280 e.